The van der Waals surface area contributed by atoms with Crippen molar-refractivity contribution in [3.8, 4) is 11.5 Å². The second-order valence-corrected chi connectivity index (χ2v) is 8.00. The summed E-state index contributed by atoms with van der Waals surface area (Å²) in [5.74, 6) is 1.47. The summed E-state index contributed by atoms with van der Waals surface area (Å²) in [6.45, 7) is 6.48. The highest BCUT2D eigenvalue weighted by atomic mass is 16.5. The zero-order chi connectivity index (χ0) is 18.9. The maximum atomic E-state index is 10.4. The number of ether oxygens (including phenoxy) is 2. The van der Waals surface area contributed by atoms with Gasteiger partial charge in [-0.05, 0) is 69.6 Å². The third-order valence-electron chi connectivity index (χ3n) is 5.68. The molecular formula is C22H36N2O3. The quantitative estimate of drug-likeness (QED) is 0.754. The number of hydrogen-bond acceptors (Lipinski definition) is 5. The van der Waals surface area contributed by atoms with E-state index in [-0.39, 0.29) is 0 Å². The molecule has 2 heterocycles. The summed E-state index contributed by atoms with van der Waals surface area (Å²) in [5, 5.41) is 10.4. The zero-order valence-corrected chi connectivity index (χ0v) is 16.9. The van der Waals surface area contributed by atoms with Crippen LogP contribution in [-0.4, -0.2) is 67.5 Å². The summed E-state index contributed by atoms with van der Waals surface area (Å²) < 4.78 is 11.4. The molecule has 2 fully saturated rings. The van der Waals surface area contributed by atoms with Gasteiger partial charge >= 0.3 is 0 Å². The maximum Gasteiger partial charge on any atom is 0.161 e. The minimum absolute atomic E-state index is 0.306. The van der Waals surface area contributed by atoms with Gasteiger partial charge in [0.2, 0.25) is 0 Å². The summed E-state index contributed by atoms with van der Waals surface area (Å²) >= 11 is 0. The van der Waals surface area contributed by atoms with Gasteiger partial charge in [-0.2, -0.15) is 0 Å². The van der Waals surface area contributed by atoms with Crippen molar-refractivity contribution in [1.82, 2.24) is 9.80 Å². The maximum absolute atomic E-state index is 10.4. The number of aliphatic hydroxyl groups is 1. The predicted molar refractivity (Wildman–Crippen MR) is 109 cm³/mol. The van der Waals surface area contributed by atoms with Crippen LogP contribution in [0.25, 0.3) is 0 Å². The molecular weight excluding hydrogens is 340 g/mol. The first-order valence-corrected chi connectivity index (χ1v) is 10.7. The van der Waals surface area contributed by atoms with Crippen molar-refractivity contribution in [2.75, 3.05) is 46.4 Å². The van der Waals surface area contributed by atoms with Crippen molar-refractivity contribution in [2.45, 2.75) is 57.6 Å². The second kappa shape index (κ2) is 10.9. The van der Waals surface area contributed by atoms with E-state index in [1.165, 1.54) is 63.6 Å². The smallest absolute Gasteiger partial charge is 0.161 e. The average Bonchev–Trinajstić information content (AvgIpc) is 2.96. The summed E-state index contributed by atoms with van der Waals surface area (Å²) in [6.07, 6.45) is 8.60. The minimum atomic E-state index is -0.470. The van der Waals surface area contributed by atoms with Gasteiger partial charge in [-0.1, -0.05) is 25.3 Å². The molecule has 0 amide bonds. The van der Waals surface area contributed by atoms with Gasteiger partial charge in [-0.25, -0.2) is 0 Å². The van der Waals surface area contributed by atoms with Crippen LogP contribution in [0.2, 0.25) is 0 Å². The topological polar surface area (TPSA) is 45.2 Å². The Morgan fingerprint density at radius 3 is 2.19 bits per heavy atom. The molecule has 2 aliphatic rings. The molecule has 27 heavy (non-hydrogen) atoms. The molecule has 0 bridgehead atoms. The van der Waals surface area contributed by atoms with E-state index in [0.717, 1.165) is 31.1 Å². The normalized spacial score (nSPS) is 20.8. The molecule has 1 unspecified atom stereocenters. The van der Waals surface area contributed by atoms with Gasteiger partial charge in [0.1, 0.15) is 12.7 Å². The molecule has 1 atom stereocenters. The molecule has 1 aromatic rings. The fourth-order valence-electron chi connectivity index (χ4n) is 4.16. The number of nitrogens with zero attached hydrogens (tertiary/aromatic N) is 2. The first-order valence-electron chi connectivity index (χ1n) is 10.7. The fraction of sp³-hybridized carbons (Fsp3) is 0.727. The number of rotatable bonds is 8. The van der Waals surface area contributed by atoms with E-state index >= 15 is 0 Å². The summed E-state index contributed by atoms with van der Waals surface area (Å²) in [7, 11) is 1.67. The summed E-state index contributed by atoms with van der Waals surface area (Å²) in [6, 6.07) is 6.19. The Morgan fingerprint density at radius 2 is 1.52 bits per heavy atom. The standard InChI is InChI=1S/C22H36N2O3/c1-26-21-10-9-19(16-23-11-5-2-3-6-12-23)15-22(21)27-18-20(25)17-24-13-7-4-8-14-24/h9-10,15,20,25H,2-8,11-14,16-18H2,1H3. The Kier molecular flexibility index (Phi) is 8.24. The number of aliphatic hydroxyl groups excluding tert-OH is 1. The highest BCUT2D eigenvalue weighted by Crippen LogP contribution is 2.29. The average molecular weight is 377 g/mol. The largest absolute Gasteiger partial charge is 0.493 e. The number of β-amino-alcohol motifs (C(OH)–C–C–N with tert-alkyl or cyclic N) is 1. The number of benzene rings is 1. The van der Waals surface area contributed by atoms with Crippen LogP contribution in [0.5, 0.6) is 11.5 Å². The van der Waals surface area contributed by atoms with Gasteiger partial charge in [-0.3, -0.25) is 4.90 Å². The Morgan fingerprint density at radius 1 is 0.889 bits per heavy atom. The van der Waals surface area contributed by atoms with Gasteiger partial charge in [0, 0.05) is 13.1 Å². The molecule has 1 aromatic carbocycles. The molecule has 1 N–H and O–H groups in total. The highest BCUT2D eigenvalue weighted by Gasteiger charge is 2.17. The van der Waals surface area contributed by atoms with E-state index in [2.05, 4.69) is 21.9 Å². The lowest BCUT2D eigenvalue weighted by Crippen LogP contribution is -2.38. The third kappa shape index (κ3) is 6.66. The Bertz CT molecular complexity index is 552. The summed E-state index contributed by atoms with van der Waals surface area (Å²) in [4.78, 5) is 4.87. The van der Waals surface area contributed by atoms with E-state index in [0.29, 0.717) is 13.2 Å². The minimum Gasteiger partial charge on any atom is -0.493 e. The lowest BCUT2D eigenvalue weighted by atomic mass is 10.1. The van der Waals surface area contributed by atoms with Crippen LogP contribution in [0.15, 0.2) is 18.2 Å². The molecule has 3 rings (SSSR count). The summed E-state index contributed by atoms with van der Waals surface area (Å²) in [5.41, 5.74) is 1.25. The lowest BCUT2D eigenvalue weighted by Gasteiger charge is -2.28. The van der Waals surface area contributed by atoms with Crippen LogP contribution in [0, 0.1) is 0 Å². The molecule has 2 aliphatic heterocycles. The van der Waals surface area contributed by atoms with Gasteiger partial charge in [0.05, 0.1) is 7.11 Å². The van der Waals surface area contributed by atoms with E-state index < -0.39 is 6.10 Å². The van der Waals surface area contributed by atoms with E-state index in [1.807, 2.05) is 6.07 Å². The molecule has 5 heteroatoms. The van der Waals surface area contributed by atoms with Crippen LogP contribution in [0.3, 0.4) is 0 Å². The highest BCUT2D eigenvalue weighted by molar-refractivity contribution is 5.43. The lowest BCUT2D eigenvalue weighted by molar-refractivity contribution is 0.0608. The molecule has 152 valence electrons. The van der Waals surface area contributed by atoms with Crippen molar-refractivity contribution < 1.29 is 14.6 Å². The molecule has 2 saturated heterocycles. The van der Waals surface area contributed by atoms with Crippen LogP contribution >= 0.6 is 0 Å². The number of piperidine rings is 1. The number of methoxy groups -OCH3 is 1. The van der Waals surface area contributed by atoms with Gasteiger partial charge in [0.25, 0.3) is 0 Å². The SMILES string of the molecule is COc1ccc(CN2CCCCCC2)cc1OCC(O)CN1CCCCC1. The Hall–Kier alpha value is -1.30. The van der Waals surface area contributed by atoms with Crippen molar-refractivity contribution in [3.05, 3.63) is 23.8 Å². The van der Waals surface area contributed by atoms with Crippen LogP contribution in [-0.2, 0) is 6.54 Å². The van der Waals surface area contributed by atoms with Gasteiger partial charge < -0.3 is 19.5 Å². The van der Waals surface area contributed by atoms with Crippen molar-refractivity contribution in [1.29, 1.82) is 0 Å². The number of hydrogen-bond donors (Lipinski definition) is 1. The molecule has 0 radical (unpaired) electrons. The van der Waals surface area contributed by atoms with E-state index in [1.54, 1.807) is 7.11 Å². The zero-order valence-electron chi connectivity index (χ0n) is 16.9. The molecule has 5 nitrogen and oxygen atoms in total. The van der Waals surface area contributed by atoms with E-state index in [4.69, 9.17) is 9.47 Å². The van der Waals surface area contributed by atoms with Crippen LogP contribution in [0.1, 0.15) is 50.5 Å². The second-order valence-electron chi connectivity index (χ2n) is 8.00. The molecule has 0 aromatic heterocycles. The third-order valence-corrected chi connectivity index (χ3v) is 5.68. The number of likely N-dealkylation sites (tertiary alicyclic amines) is 2. The van der Waals surface area contributed by atoms with Crippen molar-refractivity contribution in [2.24, 2.45) is 0 Å². The van der Waals surface area contributed by atoms with Crippen molar-refractivity contribution >= 4 is 0 Å². The molecule has 0 aliphatic carbocycles. The van der Waals surface area contributed by atoms with Gasteiger partial charge in [-0.15, -0.1) is 0 Å². The Balaban J connectivity index is 1.54. The molecule has 0 saturated carbocycles. The van der Waals surface area contributed by atoms with Gasteiger partial charge in [0.15, 0.2) is 11.5 Å². The van der Waals surface area contributed by atoms with Crippen LogP contribution < -0.4 is 9.47 Å². The monoisotopic (exact) mass is 376 g/mol. The molecule has 0 spiro atoms. The van der Waals surface area contributed by atoms with E-state index in [9.17, 15) is 5.11 Å². The first-order chi connectivity index (χ1) is 13.2. The first kappa shape index (κ1) is 20.4. The van der Waals surface area contributed by atoms with Crippen LogP contribution in [0.4, 0.5) is 0 Å². The van der Waals surface area contributed by atoms with Crippen molar-refractivity contribution in [3.63, 3.8) is 0 Å². The predicted octanol–water partition coefficient (Wildman–Crippen LogP) is 3.30. The fourth-order valence-corrected chi connectivity index (χ4v) is 4.16. The Labute approximate surface area is 164 Å².